The molecule has 0 aromatic heterocycles. The van der Waals surface area contributed by atoms with Crippen molar-refractivity contribution in [2.45, 2.75) is 18.9 Å². The Morgan fingerprint density at radius 3 is 2.78 bits per heavy atom. The second kappa shape index (κ2) is 4.21. The Hall–Kier alpha value is -2.24. The molecule has 1 aromatic rings. The van der Waals surface area contributed by atoms with E-state index in [1.54, 1.807) is 25.1 Å². The summed E-state index contributed by atoms with van der Waals surface area (Å²) in [4.78, 5) is 23.7. The first-order valence-electron chi connectivity index (χ1n) is 5.42. The summed E-state index contributed by atoms with van der Waals surface area (Å²) in [7, 11) is 0. The largest absolute Gasteiger partial charge is 0.506 e. The van der Waals surface area contributed by atoms with Crippen molar-refractivity contribution < 1.29 is 24.5 Å². The van der Waals surface area contributed by atoms with Crippen LogP contribution in [0.4, 0.5) is 10.5 Å². The lowest BCUT2D eigenvalue weighted by atomic mass is 10.0. The summed E-state index contributed by atoms with van der Waals surface area (Å²) in [6.07, 6.45) is -0.928. The van der Waals surface area contributed by atoms with Gasteiger partial charge in [0.1, 0.15) is 11.4 Å². The predicted molar refractivity (Wildman–Crippen MR) is 62.6 cm³/mol. The van der Waals surface area contributed by atoms with Crippen molar-refractivity contribution >= 4 is 17.7 Å². The van der Waals surface area contributed by atoms with E-state index in [0.29, 0.717) is 5.69 Å². The Kier molecular flexibility index (Phi) is 2.86. The maximum absolute atomic E-state index is 11.7. The van der Waals surface area contributed by atoms with Gasteiger partial charge in [-0.3, -0.25) is 9.69 Å². The summed E-state index contributed by atoms with van der Waals surface area (Å²) in [5, 5.41) is 18.5. The number of cyclic esters (lactones) is 1. The van der Waals surface area contributed by atoms with Crippen LogP contribution in [0.15, 0.2) is 24.3 Å². The normalized spacial score (nSPS) is 22.9. The SMILES string of the molecule is CC1(CC(=O)O)CN(c2ccccc2O)C(=O)O1. The number of rotatable bonds is 3. The van der Waals surface area contributed by atoms with Crippen molar-refractivity contribution in [3.8, 4) is 5.75 Å². The van der Waals surface area contributed by atoms with Gasteiger partial charge in [0, 0.05) is 0 Å². The van der Waals surface area contributed by atoms with E-state index in [0.717, 1.165) is 0 Å². The number of carboxylic acids is 1. The van der Waals surface area contributed by atoms with E-state index in [1.807, 2.05) is 0 Å². The summed E-state index contributed by atoms with van der Waals surface area (Å²) in [6.45, 7) is 1.65. The average Bonchev–Trinajstić information content (AvgIpc) is 2.53. The molecule has 1 aliphatic heterocycles. The fraction of sp³-hybridized carbons (Fsp3) is 0.333. The number of ether oxygens (including phenoxy) is 1. The molecule has 1 amide bonds. The number of carboxylic acid groups (broad SMARTS) is 1. The van der Waals surface area contributed by atoms with Crippen LogP contribution in [0.2, 0.25) is 0 Å². The van der Waals surface area contributed by atoms with Gasteiger partial charge in [0.25, 0.3) is 0 Å². The molecule has 1 saturated heterocycles. The molecule has 1 unspecified atom stereocenters. The molecule has 1 heterocycles. The second-order valence-electron chi connectivity index (χ2n) is 4.46. The first-order chi connectivity index (χ1) is 8.41. The fourth-order valence-electron chi connectivity index (χ4n) is 1.98. The summed E-state index contributed by atoms with van der Waals surface area (Å²) < 4.78 is 5.08. The first kappa shape index (κ1) is 12.2. The van der Waals surface area contributed by atoms with Crippen LogP contribution in [0.1, 0.15) is 13.3 Å². The highest BCUT2D eigenvalue weighted by Gasteiger charge is 2.44. The molecule has 1 aliphatic rings. The topological polar surface area (TPSA) is 87.1 Å². The number of carbonyl (C=O) groups excluding carboxylic acids is 1. The highest BCUT2D eigenvalue weighted by Crippen LogP contribution is 2.34. The van der Waals surface area contributed by atoms with Gasteiger partial charge < -0.3 is 14.9 Å². The third-order valence-electron chi connectivity index (χ3n) is 2.74. The quantitative estimate of drug-likeness (QED) is 0.851. The number of hydrogen-bond donors (Lipinski definition) is 2. The molecule has 2 rings (SSSR count). The van der Waals surface area contributed by atoms with E-state index in [2.05, 4.69) is 0 Å². The fourth-order valence-corrected chi connectivity index (χ4v) is 1.98. The van der Waals surface area contributed by atoms with E-state index in [1.165, 1.54) is 11.0 Å². The molecule has 96 valence electrons. The summed E-state index contributed by atoms with van der Waals surface area (Å²) in [6, 6.07) is 6.34. The molecule has 2 N–H and O–H groups in total. The number of aliphatic carboxylic acids is 1. The van der Waals surface area contributed by atoms with E-state index in [-0.39, 0.29) is 18.7 Å². The third-order valence-corrected chi connectivity index (χ3v) is 2.74. The molecule has 1 aromatic carbocycles. The van der Waals surface area contributed by atoms with Gasteiger partial charge in [-0.15, -0.1) is 0 Å². The Morgan fingerprint density at radius 2 is 2.17 bits per heavy atom. The first-order valence-corrected chi connectivity index (χ1v) is 5.42. The molecule has 0 saturated carbocycles. The lowest BCUT2D eigenvalue weighted by Crippen LogP contribution is -2.33. The van der Waals surface area contributed by atoms with Gasteiger partial charge in [-0.1, -0.05) is 12.1 Å². The van der Waals surface area contributed by atoms with Crippen molar-refractivity contribution in [3.63, 3.8) is 0 Å². The van der Waals surface area contributed by atoms with Gasteiger partial charge in [-0.2, -0.15) is 0 Å². The minimum absolute atomic E-state index is 0.0472. The van der Waals surface area contributed by atoms with Crippen LogP contribution in [0.3, 0.4) is 0 Å². The second-order valence-corrected chi connectivity index (χ2v) is 4.46. The van der Waals surface area contributed by atoms with Gasteiger partial charge in [0.05, 0.1) is 18.7 Å². The van der Waals surface area contributed by atoms with Crippen LogP contribution < -0.4 is 4.90 Å². The molecule has 0 spiro atoms. The van der Waals surface area contributed by atoms with Gasteiger partial charge >= 0.3 is 12.1 Å². The molecule has 0 aliphatic carbocycles. The number of aromatic hydroxyl groups is 1. The lowest BCUT2D eigenvalue weighted by molar-refractivity contribution is -0.140. The van der Waals surface area contributed by atoms with Crippen LogP contribution in [-0.2, 0) is 9.53 Å². The van der Waals surface area contributed by atoms with Gasteiger partial charge in [0.15, 0.2) is 0 Å². The molecular weight excluding hydrogens is 238 g/mol. The van der Waals surface area contributed by atoms with Crippen molar-refractivity contribution in [2.75, 3.05) is 11.4 Å². The Bertz CT molecular complexity index is 501. The zero-order valence-corrected chi connectivity index (χ0v) is 9.79. The standard InChI is InChI=1S/C12H13NO5/c1-12(6-10(15)16)7-13(11(17)18-12)8-4-2-3-5-9(8)14/h2-5,14H,6-7H2,1H3,(H,15,16). The van der Waals surface area contributed by atoms with Crippen LogP contribution in [0.25, 0.3) is 0 Å². The maximum Gasteiger partial charge on any atom is 0.415 e. The predicted octanol–water partition coefficient (Wildman–Crippen LogP) is 1.58. The van der Waals surface area contributed by atoms with Crippen LogP contribution >= 0.6 is 0 Å². The van der Waals surface area contributed by atoms with E-state index < -0.39 is 17.7 Å². The van der Waals surface area contributed by atoms with Crippen molar-refractivity contribution in [2.24, 2.45) is 0 Å². The third kappa shape index (κ3) is 2.22. The highest BCUT2D eigenvalue weighted by molar-refractivity contribution is 5.92. The number of carbonyl (C=O) groups is 2. The van der Waals surface area contributed by atoms with E-state index in [9.17, 15) is 14.7 Å². The Labute approximate surface area is 103 Å². The van der Waals surface area contributed by atoms with E-state index in [4.69, 9.17) is 9.84 Å². The molecule has 6 heteroatoms. The summed E-state index contributed by atoms with van der Waals surface area (Å²) in [5.41, 5.74) is -0.762. The number of phenols is 1. The number of phenolic OH excluding ortho intramolecular Hbond substituents is 1. The van der Waals surface area contributed by atoms with Crippen molar-refractivity contribution in [1.29, 1.82) is 0 Å². The zero-order valence-electron chi connectivity index (χ0n) is 9.79. The Balaban J connectivity index is 2.25. The summed E-state index contributed by atoms with van der Waals surface area (Å²) >= 11 is 0. The number of para-hydroxylation sites is 2. The number of anilines is 1. The number of amides is 1. The molecule has 0 radical (unpaired) electrons. The Morgan fingerprint density at radius 1 is 1.50 bits per heavy atom. The molecule has 18 heavy (non-hydrogen) atoms. The molecule has 1 fully saturated rings. The number of benzene rings is 1. The van der Waals surface area contributed by atoms with Gasteiger partial charge in [-0.25, -0.2) is 4.79 Å². The smallest absolute Gasteiger partial charge is 0.415 e. The van der Waals surface area contributed by atoms with Crippen molar-refractivity contribution in [3.05, 3.63) is 24.3 Å². The van der Waals surface area contributed by atoms with Crippen molar-refractivity contribution in [1.82, 2.24) is 0 Å². The highest BCUT2D eigenvalue weighted by atomic mass is 16.6. The number of nitrogens with zero attached hydrogens (tertiary/aromatic N) is 1. The minimum Gasteiger partial charge on any atom is -0.506 e. The molecular formula is C12H13NO5. The summed E-state index contributed by atoms with van der Waals surface area (Å²) in [5.74, 6) is -1.08. The van der Waals surface area contributed by atoms with Crippen LogP contribution in [-0.4, -0.2) is 34.4 Å². The minimum atomic E-state index is -1.08. The van der Waals surface area contributed by atoms with Crippen LogP contribution in [0.5, 0.6) is 5.75 Å². The monoisotopic (exact) mass is 251 g/mol. The number of hydrogen-bond acceptors (Lipinski definition) is 4. The lowest BCUT2D eigenvalue weighted by Gasteiger charge is -2.19. The van der Waals surface area contributed by atoms with Gasteiger partial charge in [-0.05, 0) is 19.1 Å². The van der Waals surface area contributed by atoms with Crippen LogP contribution in [0, 0.1) is 0 Å². The van der Waals surface area contributed by atoms with E-state index >= 15 is 0 Å². The average molecular weight is 251 g/mol. The zero-order chi connectivity index (χ0) is 13.3. The van der Waals surface area contributed by atoms with Gasteiger partial charge in [0.2, 0.25) is 0 Å². The molecule has 6 nitrogen and oxygen atoms in total. The maximum atomic E-state index is 11.7. The molecule has 1 atom stereocenters. The molecule has 0 bridgehead atoms.